The fourth-order valence-electron chi connectivity index (χ4n) is 1.80. The molecule has 0 aliphatic heterocycles. The smallest absolute Gasteiger partial charge is 0.114 e. The van der Waals surface area contributed by atoms with Crippen molar-refractivity contribution in [2.45, 2.75) is 18.4 Å². The molecule has 1 fully saturated rings. The zero-order chi connectivity index (χ0) is 10.5. The Hall–Kier alpha value is -0.450. The summed E-state index contributed by atoms with van der Waals surface area (Å²) in [5.74, 6) is 0. The van der Waals surface area contributed by atoms with Crippen molar-refractivity contribution in [3.8, 4) is 0 Å². The Morgan fingerprint density at radius 1 is 1.47 bits per heavy atom. The maximum absolute atomic E-state index is 4.70. The van der Waals surface area contributed by atoms with Gasteiger partial charge in [0.1, 0.15) is 5.01 Å². The number of hydrogen-bond donors (Lipinski definition) is 1. The third kappa shape index (κ3) is 1.51. The van der Waals surface area contributed by atoms with Gasteiger partial charge in [-0.25, -0.2) is 4.98 Å². The second-order valence-corrected chi connectivity index (χ2v) is 5.91. The van der Waals surface area contributed by atoms with E-state index >= 15 is 0 Å². The summed E-state index contributed by atoms with van der Waals surface area (Å²) in [5, 5.41) is 4.61. The Labute approximate surface area is 101 Å². The maximum Gasteiger partial charge on any atom is 0.114 e. The van der Waals surface area contributed by atoms with E-state index in [9.17, 15) is 0 Å². The predicted octanol–water partition coefficient (Wildman–Crippen LogP) is 3.27. The number of benzene rings is 1. The van der Waals surface area contributed by atoms with E-state index in [1.165, 1.54) is 22.5 Å². The molecule has 78 valence electrons. The molecule has 3 rings (SSSR count). The number of hydrogen-bond acceptors (Lipinski definition) is 3. The van der Waals surface area contributed by atoms with Crippen LogP contribution in [0.15, 0.2) is 22.7 Å². The average molecular weight is 283 g/mol. The highest BCUT2D eigenvalue weighted by atomic mass is 79.9. The van der Waals surface area contributed by atoms with E-state index in [4.69, 9.17) is 4.98 Å². The first-order valence-corrected chi connectivity index (χ1v) is 6.60. The summed E-state index contributed by atoms with van der Waals surface area (Å²) < 4.78 is 2.37. The number of nitrogens with one attached hydrogen (secondary N) is 1. The number of rotatable bonds is 2. The maximum atomic E-state index is 4.70. The number of nitrogens with zero attached hydrogens (tertiary/aromatic N) is 1. The van der Waals surface area contributed by atoms with E-state index in [1.807, 2.05) is 7.05 Å². The molecule has 1 aliphatic carbocycles. The Bertz CT molecular complexity index is 516. The molecular weight excluding hydrogens is 272 g/mol. The van der Waals surface area contributed by atoms with Crippen molar-refractivity contribution in [2.75, 3.05) is 7.05 Å². The Morgan fingerprint density at radius 3 is 2.93 bits per heavy atom. The molecule has 0 spiro atoms. The quantitative estimate of drug-likeness (QED) is 0.915. The molecular formula is C11H11BrN2S. The third-order valence-electron chi connectivity index (χ3n) is 2.99. The van der Waals surface area contributed by atoms with E-state index < -0.39 is 0 Å². The molecule has 2 nitrogen and oxygen atoms in total. The van der Waals surface area contributed by atoms with Crippen LogP contribution in [0.1, 0.15) is 17.8 Å². The average Bonchev–Trinajstić information content (AvgIpc) is 2.93. The van der Waals surface area contributed by atoms with Gasteiger partial charge < -0.3 is 5.32 Å². The largest absolute Gasteiger partial charge is 0.308 e. The minimum atomic E-state index is 0.191. The fourth-order valence-corrected chi connectivity index (χ4v) is 3.35. The van der Waals surface area contributed by atoms with Crippen LogP contribution in [-0.2, 0) is 5.54 Å². The van der Waals surface area contributed by atoms with Crippen LogP contribution in [0.3, 0.4) is 0 Å². The molecule has 15 heavy (non-hydrogen) atoms. The molecule has 0 bridgehead atoms. The molecule has 0 radical (unpaired) electrons. The lowest BCUT2D eigenvalue weighted by atomic mass is 10.3. The summed E-state index contributed by atoms with van der Waals surface area (Å²) in [6, 6.07) is 6.29. The van der Waals surface area contributed by atoms with Crippen LogP contribution < -0.4 is 5.32 Å². The van der Waals surface area contributed by atoms with E-state index in [0.29, 0.717) is 0 Å². The highest BCUT2D eigenvalue weighted by molar-refractivity contribution is 9.10. The van der Waals surface area contributed by atoms with Gasteiger partial charge in [0.25, 0.3) is 0 Å². The molecule has 0 amide bonds. The summed E-state index contributed by atoms with van der Waals surface area (Å²) in [4.78, 5) is 4.70. The van der Waals surface area contributed by atoms with Crippen LogP contribution in [0.5, 0.6) is 0 Å². The summed E-state index contributed by atoms with van der Waals surface area (Å²) in [5.41, 5.74) is 1.29. The third-order valence-corrected chi connectivity index (χ3v) is 4.72. The lowest BCUT2D eigenvalue weighted by molar-refractivity contribution is 0.583. The molecule has 1 aromatic carbocycles. The van der Waals surface area contributed by atoms with Gasteiger partial charge in [-0.2, -0.15) is 0 Å². The molecule has 4 heteroatoms. The molecule has 1 heterocycles. The number of thiazole rings is 1. The van der Waals surface area contributed by atoms with Gasteiger partial charge in [-0.3, -0.25) is 0 Å². The van der Waals surface area contributed by atoms with Gasteiger partial charge in [-0.1, -0.05) is 15.9 Å². The van der Waals surface area contributed by atoms with Gasteiger partial charge in [0.2, 0.25) is 0 Å². The molecule has 0 unspecified atom stereocenters. The molecule has 0 atom stereocenters. The van der Waals surface area contributed by atoms with Crippen molar-refractivity contribution in [1.29, 1.82) is 0 Å². The molecule has 2 aromatic rings. The minimum absolute atomic E-state index is 0.191. The second-order valence-electron chi connectivity index (χ2n) is 3.96. The first-order chi connectivity index (χ1) is 7.23. The van der Waals surface area contributed by atoms with Crippen LogP contribution in [0.25, 0.3) is 10.2 Å². The summed E-state index contributed by atoms with van der Waals surface area (Å²) in [6.07, 6.45) is 2.43. The Balaban J connectivity index is 2.14. The first kappa shape index (κ1) is 9.75. The minimum Gasteiger partial charge on any atom is -0.308 e. The van der Waals surface area contributed by atoms with Gasteiger partial charge in [0.15, 0.2) is 0 Å². The molecule has 1 aliphatic rings. The van der Waals surface area contributed by atoms with E-state index in [-0.39, 0.29) is 5.54 Å². The lowest BCUT2D eigenvalue weighted by Gasteiger charge is -2.08. The van der Waals surface area contributed by atoms with Gasteiger partial charge in [-0.15, -0.1) is 11.3 Å². The van der Waals surface area contributed by atoms with Gasteiger partial charge >= 0.3 is 0 Å². The normalized spacial score (nSPS) is 18.3. The summed E-state index contributed by atoms with van der Waals surface area (Å²) in [7, 11) is 2.02. The summed E-state index contributed by atoms with van der Waals surface area (Å²) >= 11 is 5.28. The number of fused-ring (bicyclic) bond motifs is 1. The van der Waals surface area contributed by atoms with Crippen molar-refractivity contribution in [3.63, 3.8) is 0 Å². The van der Waals surface area contributed by atoms with E-state index in [2.05, 4.69) is 39.4 Å². The van der Waals surface area contributed by atoms with Crippen molar-refractivity contribution in [1.82, 2.24) is 10.3 Å². The summed E-state index contributed by atoms with van der Waals surface area (Å²) in [6.45, 7) is 0. The Kier molecular flexibility index (Phi) is 2.13. The van der Waals surface area contributed by atoms with Crippen LogP contribution in [0.2, 0.25) is 0 Å². The first-order valence-electron chi connectivity index (χ1n) is 4.99. The SMILES string of the molecule is CNC1(c2nc3cc(Br)ccc3s2)CC1. The zero-order valence-electron chi connectivity index (χ0n) is 8.38. The molecule has 1 N–H and O–H groups in total. The van der Waals surface area contributed by atoms with Crippen LogP contribution in [0.4, 0.5) is 0 Å². The van der Waals surface area contributed by atoms with Gasteiger partial charge in [0.05, 0.1) is 15.8 Å². The second kappa shape index (κ2) is 3.27. The van der Waals surface area contributed by atoms with Gasteiger partial charge in [0, 0.05) is 4.47 Å². The predicted molar refractivity (Wildman–Crippen MR) is 67.3 cm³/mol. The monoisotopic (exact) mass is 282 g/mol. The van der Waals surface area contributed by atoms with Crippen molar-refractivity contribution in [3.05, 3.63) is 27.7 Å². The van der Waals surface area contributed by atoms with Crippen LogP contribution >= 0.6 is 27.3 Å². The molecule has 1 aromatic heterocycles. The van der Waals surface area contributed by atoms with Crippen LogP contribution in [-0.4, -0.2) is 12.0 Å². The fraction of sp³-hybridized carbons (Fsp3) is 0.364. The van der Waals surface area contributed by atoms with Crippen LogP contribution in [0, 0.1) is 0 Å². The number of aromatic nitrogens is 1. The van der Waals surface area contributed by atoms with Crippen molar-refractivity contribution in [2.24, 2.45) is 0 Å². The highest BCUT2D eigenvalue weighted by Gasteiger charge is 2.45. The zero-order valence-corrected chi connectivity index (χ0v) is 10.8. The molecule has 0 saturated heterocycles. The van der Waals surface area contributed by atoms with Crippen molar-refractivity contribution >= 4 is 37.5 Å². The number of halogens is 1. The van der Waals surface area contributed by atoms with Crippen molar-refractivity contribution < 1.29 is 0 Å². The highest BCUT2D eigenvalue weighted by Crippen LogP contribution is 2.47. The standard InChI is InChI=1S/C11H11BrN2S/c1-13-11(4-5-11)10-14-8-6-7(12)2-3-9(8)15-10/h2-3,6,13H,4-5H2,1H3. The lowest BCUT2D eigenvalue weighted by Crippen LogP contribution is -2.24. The molecule has 1 saturated carbocycles. The van der Waals surface area contributed by atoms with E-state index in [1.54, 1.807) is 11.3 Å². The topological polar surface area (TPSA) is 24.9 Å². The van der Waals surface area contributed by atoms with Gasteiger partial charge in [-0.05, 0) is 38.1 Å². The van der Waals surface area contributed by atoms with E-state index in [0.717, 1.165) is 9.99 Å². The Morgan fingerprint density at radius 2 is 2.27 bits per heavy atom.